The van der Waals surface area contributed by atoms with Crippen LogP contribution >= 0.6 is 0 Å². The van der Waals surface area contributed by atoms with Gasteiger partial charge in [-0.25, -0.2) is 9.78 Å². The molecule has 2 amide bonds. The second kappa shape index (κ2) is 14.9. The van der Waals surface area contributed by atoms with Crippen LogP contribution in [0.4, 0.5) is 10.5 Å². The number of fused-ring (bicyclic) bond motifs is 1. The summed E-state index contributed by atoms with van der Waals surface area (Å²) in [5, 5.41) is 9.48. The van der Waals surface area contributed by atoms with E-state index in [0.717, 1.165) is 45.7 Å². The number of benzene rings is 4. The number of nitrogens with one attached hydrogen (secondary N) is 4. The van der Waals surface area contributed by atoms with Crippen molar-refractivity contribution in [3.63, 3.8) is 0 Å². The van der Waals surface area contributed by atoms with Crippen LogP contribution in [-0.4, -0.2) is 61.5 Å². The van der Waals surface area contributed by atoms with E-state index in [1.54, 1.807) is 7.11 Å². The van der Waals surface area contributed by atoms with Crippen LogP contribution in [0.1, 0.15) is 40.9 Å². The molecule has 1 aliphatic rings. The number of hydrogen-bond acceptors (Lipinski definition) is 7. The molecule has 1 fully saturated rings. The third kappa shape index (κ3) is 7.62. The molecule has 4 N–H and O–H groups in total. The van der Waals surface area contributed by atoms with Gasteiger partial charge in [-0.3, -0.25) is 4.79 Å². The minimum Gasteiger partial charge on any atom is -0.497 e. The Kier molecular flexibility index (Phi) is 10.1. The van der Waals surface area contributed by atoms with Crippen LogP contribution in [0.5, 0.6) is 5.75 Å². The molecular formula is C37H39N5O5. The summed E-state index contributed by atoms with van der Waals surface area (Å²) < 4.78 is 16.5. The predicted molar refractivity (Wildman–Crippen MR) is 181 cm³/mol. The van der Waals surface area contributed by atoms with Crippen LogP contribution in [0.15, 0.2) is 103 Å². The molecular weight excluding hydrogens is 594 g/mol. The molecule has 10 nitrogen and oxygen atoms in total. The molecule has 0 radical (unpaired) electrons. The lowest BCUT2D eigenvalue weighted by Crippen LogP contribution is -2.48. The molecule has 242 valence electrons. The number of nitrogens with zero attached hydrogens (tertiary/aromatic N) is 1. The van der Waals surface area contributed by atoms with Crippen molar-refractivity contribution in [2.45, 2.75) is 36.9 Å². The van der Waals surface area contributed by atoms with Crippen molar-refractivity contribution in [1.82, 2.24) is 20.6 Å². The average molecular weight is 634 g/mol. The van der Waals surface area contributed by atoms with E-state index in [2.05, 4.69) is 20.9 Å². The Bertz CT molecular complexity index is 1750. The van der Waals surface area contributed by atoms with Gasteiger partial charge in [-0.05, 0) is 47.7 Å². The molecule has 0 bridgehead atoms. The molecule has 4 aromatic carbocycles. The Morgan fingerprint density at radius 1 is 0.936 bits per heavy atom. The van der Waals surface area contributed by atoms with Crippen molar-refractivity contribution in [2.75, 3.05) is 32.7 Å². The summed E-state index contributed by atoms with van der Waals surface area (Å²) in [5.74, 6) is 0.813. The Balaban J connectivity index is 1.13. The molecule has 3 atom stereocenters. The van der Waals surface area contributed by atoms with E-state index in [-0.39, 0.29) is 18.1 Å². The highest BCUT2D eigenvalue weighted by molar-refractivity contribution is 5.98. The highest BCUT2D eigenvalue weighted by atomic mass is 16.5. The van der Waals surface area contributed by atoms with Crippen molar-refractivity contribution < 1.29 is 23.8 Å². The number of ether oxygens (including phenoxy) is 3. The second-order valence-electron chi connectivity index (χ2n) is 11.5. The summed E-state index contributed by atoms with van der Waals surface area (Å²) in [6.45, 7) is 1.15. The molecule has 0 saturated carbocycles. The summed E-state index contributed by atoms with van der Waals surface area (Å²) in [6.07, 6.45) is 0.754. The van der Waals surface area contributed by atoms with E-state index in [9.17, 15) is 9.59 Å². The lowest BCUT2D eigenvalue weighted by Gasteiger charge is -2.30. The zero-order valence-electron chi connectivity index (χ0n) is 26.4. The number of carbonyl (C=O) groups excluding carboxylic acids is 2. The number of methoxy groups -OCH3 is 2. The van der Waals surface area contributed by atoms with Gasteiger partial charge in [0.15, 0.2) is 0 Å². The molecule has 1 saturated heterocycles. The maximum Gasteiger partial charge on any atom is 0.407 e. The summed E-state index contributed by atoms with van der Waals surface area (Å²) >= 11 is 0. The maximum absolute atomic E-state index is 14.0. The predicted octanol–water partition coefficient (Wildman–Crippen LogP) is 5.73. The summed E-state index contributed by atoms with van der Waals surface area (Å²) in [7, 11) is 2.94. The molecule has 47 heavy (non-hydrogen) atoms. The van der Waals surface area contributed by atoms with Gasteiger partial charge >= 0.3 is 6.09 Å². The van der Waals surface area contributed by atoms with Gasteiger partial charge in [0.2, 0.25) is 5.91 Å². The first kappa shape index (κ1) is 31.8. The third-order valence-electron chi connectivity index (χ3n) is 8.53. The highest BCUT2D eigenvalue weighted by Gasteiger charge is 2.33. The van der Waals surface area contributed by atoms with Gasteiger partial charge in [0.1, 0.15) is 17.6 Å². The van der Waals surface area contributed by atoms with Crippen LogP contribution in [0, 0.1) is 0 Å². The van der Waals surface area contributed by atoms with Gasteiger partial charge < -0.3 is 35.1 Å². The first-order valence-corrected chi connectivity index (χ1v) is 15.7. The molecule has 1 aromatic heterocycles. The van der Waals surface area contributed by atoms with E-state index in [4.69, 9.17) is 19.2 Å². The molecule has 0 aliphatic carbocycles. The maximum atomic E-state index is 14.0. The van der Waals surface area contributed by atoms with E-state index in [1.165, 1.54) is 7.11 Å². The van der Waals surface area contributed by atoms with Crippen molar-refractivity contribution >= 4 is 28.7 Å². The molecule has 2 heterocycles. The van der Waals surface area contributed by atoms with Crippen LogP contribution in [0.25, 0.3) is 11.0 Å². The zero-order chi connectivity index (χ0) is 32.6. The number of aromatic amines is 1. The van der Waals surface area contributed by atoms with E-state index >= 15 is 0 Å². The van der Waals surface area contributed by atoms with Crippen molar-refractivity contribution in [1.29, 1.82) is 0 Å². The standard InChI is InChI=1S/C37H39N5O5/c1-45-27-19-20-30-31(21-27)40-35(39-30)32-23-47-28(22-38-32)18-17-24-11-9-10-16-29(24)41-36(43)34(42-37(44)46-2)33(25-12-5-3-6-13-25)26-14-7-4-8-15-26/h3-16,19-21,28,32-34,38H,17-18,22-23H2,1-2H3,(H,39,40)(H,41,43)(H,42,44)/t28-,32+,34+/m1/s1. The Labute approximate surface area is 273 Å². The SMILES string of the molecule is COC(=O)N[C@H](C(=O)Nc1ccccc1CC[C@@H]1CN[C@H](c2nc3ccc(OC)cc3[nH]2)CO1)C(c1ccccc1)c1ccccc1. The van der Waals surface area contributed by atoms with Crippen LogP contribution < -0.4 is 20.7 Å². The number of alkyl carbamates (subject to hydrolysis) is 1. The first-order valence-electron chi connectivity index (χ1n) is 15.7. The topological polar surface area (TPSA) is 127 Å². The lowest BCUT2D eigenvalue weighted by atomic mass is 9.84. The first-order chi connectivity index (χ1) is 23.0. The number of carbonyl (C=O) groups is 2. The van der Waals surface area contributed by atoms with E-state index in [1.807, 2.05) is 103 Å². The Morgan fingerprint density at radius 2 is 1.64 bits per heavy atom. The molecule has 1 aliphatic heterocycles. The fourth-order valence-corrected chi connectivity index (χ4v) is 6.06. The van der Waals surface area contributed by atoms with Crippen molar-refractivity contribution in [3.05, 3.63) is 126 Å². The number of rotatable bonds is 11. The van der Waals surface area contributed by atoms with Gasteiger partial charge in [0.05, 0.1) is 44.0 Å². The zero-order valence-corrected chi connectivity index (χ0v) is 26.4. The van der Waals surface area contributed by atoms with Gasteiger partial charge in [-0.15, -0.1) is 0 Å². The molecule has 5 aromatic rings. The minimum atomic E-state index is -0.942. The molecule has 0 spiro atoms. The van der Waals surface area contributed by atoms with Gasteiger partial charge in [0.25, 0.3) is 0 Å². The Hall–Kier alpha value is -5.19. The normalized spacial score (nSPS) is 16.8. The van der Waals surface area contributed by atoms with Crippen molar-refractivity contribution in [3.8, 4) is 5.75 Å². The molecule has 6 rings (SSSR count). The number of hydrogen-bond donors (Lipinski definition) is 4. The second-order valence-corrected chi connectivity index (χ2v) is 11.5. The molecule has 0 unspecified atom stereocenters. The van der Waals surface area contributed by atoms with Crippen LogP contribution in [0.2, 0.25) is 0 Å². The quantitative estimate of drug-likeness (QED) is 0.146. The summed E-state index contributed by atoms with van der Waals surface area (Å²) in [4.78, 5) is 34.7. The average Bonchev–Trinajstić information content (AvgIpc) is 3.55. The number of aryl methyl sites for hydroxylation is 1. The number of H-pyrrole nitrogens is 1. The fourth-order valence-electron chi connectivity index (χ4n) is 6.06. The summed E-state index contributed by atoms with van der Waals surface area (Å²) in [5.41, 5.74) is 5.26. The highest BCUT2D eigenvalue weighted by Crippen LogP contribution is 2.30. The lowest BCUT2D eigenvalue weighted by molar-refractivity contribution is -0.118. The Morgan fingerprint density at radius 3 is 2.30 bits per heavy atom. The van der Waals surface area contributed by atoms with Crippen LogP contribution in [-0.2, 0) is 20.7 Å². The van der Waals surface area contributed by atoms with Gasteiger partial charge in [0, 0.05) is 24.2 Å². The van der Waals surface area contributed by atoms with Crippen molar-refractivity contribution in [2.24, 2.45) is 0 Å². The van der Waals surface area contributed by atoms with Crippen LogP contribution in [0.3, 0.4) is 0 Å². The smallest absolute Gasteiger partial charge is 0.407 e. The summed E-state index contributed by atoms with van der Waals surface area (Å²) in [6, 6.07) is 31.9. The number of imidazole rings is 1. The number of aromatic nitrogens is 2. The van der Waals surface area contributed by atoms with Gasteiger partial charge in [-0.2, -0.15) is 0 Å². The molecule has 10 heteroatoms. The monoisotopic (exact) mass is 633 g/mol. The number of para-hydroxylation sites is 1. The van der Waals surface area contributed by atoms with Gasteiger partial charge in [-0.1, -0.05) is 78.9 Å². The fraction of sp³-hybridized carbons (Fsp3) is 0.270. The number of morpholine rings is 1. The minimum absolute atomic E-state index is 0.00578. The third-order valence-corrected chi connectivity index (χ3v) is 8.53. The van der Waals surface area contributed by atoms with E-state index in [0.29, 0.717) is 25.3 Å². The largest absolute Gasteiger partial charge is 0.497 e. The number of amides is 2. The van der Waals surface area contributed by atoms with E-state index < -0.39 is 18.1 Å². The number of anilines is 1.